The van der Waals surface area contributed by atoms with Crippen molar-refractivity contribution in [1.82, 2.24) is 4.98 Å². The van der Waals surface area contributed by atoms with Gasteiger partial charge in [-0.25, -0.2) is 4.98 Å². The zero-order chi connectivity index (χ0) is 20.2. The number of benzene rings is 2. The second-order valence-electron chi connectivity index (χ2n) is 7.32. The van der Waals surface area contributed by atoms with Crippen molar-refractivity contribution in [3.8, 4) is 5.75 Å². The molecule has 2 heterocycles. The lowest BCUT2D eigenvalue weighted by Crippen LogP contribution is -2.38. The van der Waals surface area contributed by atoms with Gasteiger partial charge < -0.3 is 9.47 Å². The first-order valence-electron chi connectivity index (χ1n) is 10.1. The summed E-state index contributed by atoms with van der Waals surface area (Å²) in [6, 6.07) is 14.1. The lowest BCUT2D eigenvalue weighted by molar-refractivity contribution is -0.118. The van der Waals surface area contributed by atoms with Gasteiger partial charge in [-0.05, 0) is 42.5 Å². The number of thiazole rings is 1. The summed E-state index contributed by atoms with van der Waals surface area (Å²) in [7, 11) is 1.64. The van der Waals surface area contributed by atoms with Gasteiger partial charge in [0.15, 0.2) is 5.13 Å². The van der Waals surface area contributed by atoms with Crippen LogP contribution in [0.15, 0.2) is 42.5 Å². The average Bonchev–Trinajstić information content (AvgIpc) is 3.41. The maximum Gasteiger partial charge on any atom is 0.233 e. The fourth-order valence-electron chi connectivity index (χ4n) is 3.58. The van der Waals surface area contributed by atoms with Crippen molar-refractivity contribution in [2.75, 3.05) is 25.2 Å². The predicted molar refractivity (Wildman–Crippen MR) is 117 cm³/mol. The normalized spacial score (nSPS) is 16.3. The summed E-state index contributed by atoms with van der Waals surface area (Å²) in [5.74, 6) is 0.818. The fourth-order valence-corrected chi connectivity index (χ4v) is 4.55. The van der Waals surface area contributed by atoms with E-state index in [0.717, 1.165) is 52.5 Å². The zero-order valence-electron chi connectivity index (χ0n) is 16.9. The van der Waals surface area contributed by atoms with Crippen molar-refractivity contribution in [2.24, 2.45) is 0 Å². The van der Waals surface area contributed by atoms with Crippen molar-refractivity contribution in [3.05, 3.63) is 53.6 Å². The lowest BCUT2D eigenvalue weighted by Gasteiger charge is -2.23. The van der Waals surface area contributed by atoms with Crippen LogP contribution in [0.4, 0.5) is 5.13 Å². The van der Waals surface area contributed by atoms with Gasteiger partial charge >= 0.3 is 0 Å². The second kappa shape index (κ2) is 8.93. The number of rotatable bonds is 7. The highest BCUT2D eigenvalue weighted by molar-refractivity contribution is 7.22. The highest BCUT2D eigenvalue weighted by atomic mass is 32.1. The van der Waals surface area contributed by atoms with E-state index in [1.165, 1.54) is 16.9 Å². The molecule has 29 heavy (non-hydrogen) atoms. The molecule has 6 heteroatoms. The molecule has 1 atom stereocenters. The van der Waals surface area contributed by atoms with E-state index in [2.05, 4.69) is 19.1 Å². The van der Waals surface area contributed by atoms with Crippen LogP contribution in [0.1, 0.15) is 30.9 Å². The van der Waals surface area contributed by atoms with Crippen molar-refractivity contribution in [2.45, 2.75) is 38.7 Å². The molecule has 5 nitrogen and oxygen atoms in total. The molecule has 1 aliphatic heterocycles. The van der Waals surface area contributed by atoms with Crippen LogP contribution in [0.5, 0.6) is 5.75 Å². The van der Waals surface area contributed by atoms with Crippen molar-refractivity contribution in [1.29, 1.82) is 0 Å². The summed E-state index contributed by atoms with van der Waals surface area (Å²) in [5.41, 5.74) is 3.15. The quantitative estimate of drug-likeness (QED) is 0.570. The van der Waals surface area contributed by atoms with Crippen molar-refractivity contribution >= 4 is 32.6 Å². The molecular formula is C23H26N2O3S. The number of hydrogen-bond donors (Lipinski definition) is 0. The Morgan fingerprint density at radius 1 is 1.24 bits per heavy atom. The van der Waals surface area contributed by atoms with E-state index in [-0.39, 0.29) is 12.0 Å². The van der Waals surface area contributed by atoms with Crippen molar-refractivity contribution < 1.29 is 14.3 Å². The lowest BCUT2D eigenvalue weighted by atomic mass is 10.1. The Kier molecular flexibility index (Phi) is 6.11. The number of fused-ring (bicyclic) bond motifs is 1. The summed E-state index contributed by atoms with van der Waals surface area (Å²) in [6.07, 6.45) is 3.45. The highest BCUT2D eigenvalue weighted by Crippen LogP contribution is 2.32. The van der Waals surface area contributed by atoms with Gasteiger partial charge in [-0.3, -0.25) is 9.69 Å². The monoisotopic (exact) mass is 410 g/mol. The van der Waals surface area contributed by atoms with Crippen LogP contribution < -0.4 is 9.64 Å². The molecule has 1 fully saturated rings. The minimum Gasteiger partial charge on any atom is -0.497 e. The number of anilines is 1. The van der Waals surface area contributed by atoms with Gasteiger partial charge in [-0.1, -0.05) is 42.5 Å². The number of aryl methyl sites for hydroxylation is 1. The molecule has 1 aromatic heterocycles. The van der Waals surface area contributed by atoms with Crippen LogP contribution in [-0.4, -0.2) is 37.3 Å². The van der Waals surface area contributed by atoms with E-state index in [1.807, 2.05) is 30.3 Å². The van der Waals surface area contributed by atoms with Gasteiger partial charge in [0.2, 0.25) is 5.91 Å². The van der Waals surface area contributed by atoms with Gasteiger partial charge in [-0.15, -0.1) is 0 Å². The molecule has 1 saturated heterocycles. The summed E-state index contributed by atoms with van der Waals surface area (Å²) in [4.78, 5) is 19.8. The smallest absolute Gasteiger partial charge is 0.233 e. The third kappa shape index (κ3) is 4.60. The number of ether oxygens (including phenoxy) is 2. The SMILES string of the molecule is CCc1ccc(CC(=O)N(CC2CCCO2)c2nc3cc(OC)ccc3s2)cc1. The molecule has 1 amide bonds. The molecule has 2 aromatic carbocycles. The molecule has 0 radical (unpaired) electrons. The number of nitrogens with zero attached hydrogens (tertiary/aromatic N) is 2. The Labute approximate surface area is 175 Å². The van der Waals surface area contributed by atoms with Crippen LogP contribution in [0, 0.1) is 0 Å². The number of hydrogen-bond acceptors (Lipinski definition) is 5. The van der Waals surface area contributed by atoms with Gasteiger partial charge in [0.05, 0.1) is 36.4 Å². The van der Waals surface area contributed by atoms with E-state index < -0.39 is 0 Å². The standard InChI is InChI=1S/C23H26N2O3S/c1-3-16-6-8-17(9-7-16)13-22(26)25(15-19-5-4-12-28-19)23-24-20-14-18(27-2)10-11-21(20)29-23/h6-11,14,19H,3-5,12-13,15H2,1-2H3. The van der Waals surface area contributed by atoms with Crippen LogP contribution in [-0.2, 0) is 22.4 Å². The summed E-state index contributed by atoms with van der Waals surface area (Å²) in [6.45, 7) is 3.44. The average molecular weight is 411 g/mol. The van der Waals surface area contributed by atoms with Gasteiger partial charge in [0.1, 0.15) is 5.75 Å². The van der Waals surface area contributed by atoms with E-state index in [9.17, 15) is 4.79 Å². The van der Waals surface area contributed by atoms with Crippen LogP contribution in [0.25, 0.3) is 10.2 Å². The van der Waals surface area contributed by atoms with E-state index in [4.69, 9.17) is 14.5 Å². The minimum absolute atomic E-state index is 0.0516. The number of aromatic nitrogens is 1. The Bertz CT molecular complexity index is 977. The number of carbonyl (C=O) groups is 1. The topological polar surface area (TPSA) is 51.7 Å². The first-order chi connectivity index (χ1) is 14.2. The van der Waals surface area contributed by atoms with Crippen LogP contribution in [0.3, 0.4) is 0 Å². The highest BCUT2D eigenvalue weighted by Gasteiger charge is 2.26. The maximum atomic E-state index is 13.3. The Hall–Kier alpha value is -2.44. The Balaban J connectivity index is 1.60. The van der Waals surface area contributed by atoms with Crippen LogP contribution in [0.2, 0.25) is 0 Å². The largest absolute Gasteiger partial charge is 0.497 e. The molecule has 0 aliphatic carbocycles. The van der Waals surface area contributed by atoms with E-state index >= 15 is 0 Å². The zero-order valence-corrected chi connectivity index (χ0v) is 17.7. The molecule has 0 spiro atoms. The van der Waals surface area contributed by atoms with Gasteiger partial charge in [0, 0.05) is 12.7 Å². The molecule has 0 saturated carbocycles. The molecule has 0 bridgehead atoms. The molecule has 1 aliphatic rings. The first-order valence-corrected chi connectivity index (χ1v) is 10.9. The third-order valence-electron chi connectivity index (χ3n) is 5.31. The van der Waals surface area contributed by atoms with Gasteiger partial charge in [0.25, 0.3) is 0 Å². The molecule has 0 N–H and O–H groups in total. The Morgan fingerprint density at radius 2 is 2.03 bits per heavy atom. The number of methoxy groups -OCH3 is 1. The van der Waals surface area contributed by atoms with E-state index in [1.54, 1.807) is 12.0 Å². The summed E-state index contributed by atoms with van der Waals surface area (Å²) < 4.78 is 12.2. The molecule has 1 unspecified atom stereocenters. The third-order valence-corrected chi connectivity index (χ3v) is 6.37. The fraction of sp³-hybridized carbons (Fsp3) is 0.391. The van der Waals surface area contributed by atoms with E-state index in [0.29, 0.717) is 13.0 Å². The Morgan fingerprint density at radius 3 is 2.72 bits per heavy atom. The second-order valence-corrected chi connectivity index (χ2v) is 8.33. The molecule has 4 rings (SSSR count). The molecular weight excluding hydrogens is 384 g/mol. The molecule has 3 aromatic rings. The minimum atomic E-state index is 0.0516. The molecule has 152 valence electrons. The maximum absolute atomic E-state index is 13.3. The predicted octanol–water partition coefficient (Wildman–Crippen LogP) is 4.62. The number of amides is 1. The summed E-state index contributed by atoms with van der Waals surface area (Å²) >= 11 is 1.54. The van der Waals surface area contributed by atoms with Crippen molar-refractivity contribution in [3.63, 3.8) is 0 Å². The van der Waals surface area contributed by atoms with Crippen LogP contribution >= 0.6 is 11.3 Å². The number of carbonyl (C=O) groups excluding carboxylic acids is 1. The first kappa shape index (κ1) is 19.9. The summed E-state index contributed by atoms with van der Waals surface area (Å²) in [5, 5.41) is 0.721. The van der Waals surface area contributed by atoms with Gasteiger partial charge in [-0.2, -0.15) is 0 Å².